The third kappa shape index (κ3) is 6.34. The fraction of sp³-hybridized carbons (Fsp3) is 0.400. The van der Waals surface area contributed by atoms with Gasteiger partial charge in [-0.05, 0) is 56.4 Å². The molecule has 0 saturated carbocycles. The van der Waals surface area contributed by atoms with E-state index in [1.54, 1.807) is 26.0 Å². The summed E-state index contributed by atoms with van der Waals surface area (Å²) in [6, 6.07) is 5.88. The molecule has 1 aromatic carbocycles. The number of hydrogen-bond acceptors (Lipinski definition) is 8. The molecule has 3 heterocycles. The van der Waals surface area contributed by atoms with E-state index < -0.39 is 34.5 Å². The highest BCUT2D eigenvalue weighted by atomic mass is 32.2. The van der Waals surface area contributed by atoms with Gasteiger partial charge in [-0.15, -0.1) is 5.10 Å². The molecule has 0 aliphatic carbocycles. The van der Waals surface area contributed by atoms with Crippen molar-refractivity contribution in [2.24, 2.45) is 0 Å². The SMILES string of the molecule is Cc1cc(C)c(S(=O)(=O)N[C@@H](CNC(=O)c2cn(CCc3ccc4c(n3)NCCC4)nn2)C(=O)O)c(C)c1. The van der Waals surface area contributed by atoms with E-state index in [1.807, 2.05) is 13.0 Å². The second-order valence-corrected chi connectivity index (χ2v) is 11.1. The molecular formula is C25H31N7O5S. The fourth-order valence-corrected chi connectivity index (χ4v) is 6.19. The molecule has 0 bridgehead atoms. The first-order chi connectivity index (χ1) is 18.0. The highest BCUT2D eigenvalue weighted by molar-refractivity contribution is 7.89. The number of fused-ring (bicyclic) bond motifs is 1. The Bertz CT molecular complexity index is 1450. The van der Waals surface area contributed by atoms with E-state index in [4.69, 9.17) is 0 Å². The summed E-state index contributed by atoms with van der Waals surface area (Å²) in [5.41, 5.74) is 3.97. The summed E-state index contributed by atoms with van der Waals surface area (Å²) in [6.45, 7) is 6.01. The number of amides is 1. The third-order valence-electron chi connectivity index (χ3n) is 6.26. The molecule has 0 fully saturated rings. The molecule has 0 saturated heterocycles. The van der Waals surface area contributed by atoms with Crippen LogP contribution in [-0.4, -0.2) is 64.5 Å². The molecule has 1 amide bonds. The van der Waals surface area contributed by atoms with E-state index in [2.05, 4.69) is 36.7 Å². The summed E-state index contributed by atoms with van der Waals surface area (Å²) in [5, 5.41) is 23.1. The normalized spacial score (nSPS) is 13.9. The minimum atomic E-state index is -4.16. The molecule has 1 atom stereocenters. The van der Waals surface area contributed by atoms with Crippen molar-refractivity contribution < 1.29 is 23.1 Å². The van der Waals surface area contributed by atoms with Crippen molar-refractivity contribution in [3.63, 3.8) is 0 Å². The van der Waals surface area contributed by atoms with Crippen molar-refractivity contribution in [1.29, 1.82) is 0 Å². The molecule has 4 rings (SSSR count). The average molecular weight is 542 g/mol. The summed E-state index contributed by atoms with van der Waals surface area (Å²) in [7, 11) is -4.16. The summed E-state index contributed by atoms with van der Waals surface area (Å²) >= 11 is 0. The van der Waals surface area contributed by atoms with Crippen molar-refractivity contribution in [2.45, 2.75) is 57.5 Å². The van der Waals surface area contributed by atoms with Gasteiger partial charge in [0.05, 0.1) is 11.1 Å². The maximum absolute atomic E-state index is 13.0. The number of pyridine rings is 1. The van der Waals surface area contributed by atoms with Crippen LogP contribution in [0.15, 0.2) is 35.4 Å². The van der Waals surface area contributed by atoms with Gasteiger partial charge < -0.3 is 15.7 Å². The van der Waals surface area contributed by atoms with Gasteiger partial charge in [0.25, 0.3) is 5.91 Å². The zero-order valence-corrected chi connectivity index (χ0v) is 22.3. The number of rotatable bonds is 10. The Balaban J connectivity index is 1.35. The van der Waals surface area contributed by atoms with Crippen molar-refractivity contribution in [3.8, 4) is 0 Å². The highest BCUT2D eigenvalue weighted by Crippen LogP contribution is 2.22. The van der Waals surface area contributed by atoms with E-state index >= 15 is 0 Å². The van der Waals surface area contributed by atoms with Gasteiger partial charge in [-0.25, -0.2) is 13.4 Å². The summed E-state index contributed by atoms with van der Waals surface area (Å²) in [5.74, 6) is -1.18. The monoisotopic (exact) mass is 541 g/mol. The van der Waals surface area contributed by atoms with Crippen LogP contribution >= 0.6 is 0 Å². The summed E-state index contributed by atoms with van der Waals surface area (Å²) < 4.78 is 29.6. The summed E-state index contributed by atoms with van der Waals surface area (Å²) in [4.78, 5) is 29.0. The number of aliphatic carboxylic acids is 1. The number of nitrogens with one attached hydrogen (secondary N) is 3. The third-order valence-corrected chi connectivity index (χ3v) is 8.03. The lowest BCUT2D eigenvalue weighted by atomic mass is 10.1. The molecule has 0 unspecified atom stereocenters. The topological polar surface area (TPSA) is 168 Å². The predicted molar refractivity (Wildman–Crippen MR) is 140 cm³/mol. The van der Waals surface area contributed by atoms with Gasteiger partial charge in [0.2, 0.25) is 10.0 Å². The van der Waals surface area contributed by atoms with Crippen LogP contribution in [0.25, 0.3) is 0 Å². The van der Waals surface area contributed by atoms with Gasteiger partial charge in [-0.1, -0.05) is 29.0 Å². The molecule has 12 nitrogen and oxygen atoms in total. The number of benzene rings is 1. The molecule has 13 heteroatoms. The molecule has 0 spiro atoms. The van der Waals surface area contributed by atoms with E-state index in [0.717, 1.165) is 36.5 Å². The number of carboxylic acids is 1. The molecule has 3 aromatic rings. The van der Waals surface area contributed by atoms with Crippen molar-refractivity contribution in [2.75, 3.05) is 18.4 Å². The smallest absolute Gasteiger partial charge is 0.323 e. The number of sulfonamides is 1. The Hall–Kier alpha value is -3.84. The van der Waals surface area contributed by atoms with Crippen molar-refractivity contribution in [1.82, 2.24) is 30.0 Å². The Labute approximate surface area is 220 Å². The van der Waals surface area contributed by atoms with Crippen LogP contribution in [0.4, 0.5) is 5.82 Å². The van der Waals surface area contributed by atoms with Crippen LogP contribution in [0.2, 0.25) is 0 Å². The van der Waals surface area contributed by atoms with Gasteiger partial charge in [-0.3, -0.25) is 14.3 Å². The highest BCUT2D eigenvalue weighted by Gasteiger charge is 2.28. The first-order valence-electron chi connectivity index (χ1n) is 12.3. The van der Waals surface area contributed by atoms with Crippen LogP contribution in [0, 0.1) is 20.8 Å². The predicted octanol–water partition coefficient (Wildman–Crippen LogP) is 1.36. The number of anilines is 1. The quantitative estimate of drug-likeness (QED) is 0.296. The zero-order valence-electron chi connectivity index (χ0n) is 21.5. The molecule has 4 N–H and O–H groups in total. The Morgan fingerprint density at radius 2 is 1.92 bits per heavy atom. The Morgan fingerprint density at radius 3 is 2.63 bits per heavy atom. The largest absolute Gasteiger partial charge is 0.480 e. The zero-order chi connectivity index (χ0) is 27.4. The van der Waals surface area contributed by atoms with Crippen LogP contribution in [0.5, 0.6) is 0 Å². The van der Waals surface area contributed by atoms with E-state index in [-0.39, 0.29) is 10.6 Å². The molecule has 38 heavy (non-hydrogen) atoms. The molecule has 1 aliphatic heterocycles. The molecule has 1 aliphatic rings. The second-order valence-electron chi connectivity index (χ2n) is 9.41. The van der Waals surface area contributed by atoms with Crippen LogP contribution in [0.1, 0.15) is 44.9 Å². The first-order valence-corrected chi connectivity index (χ1v) is 13.8. The minimum absolute atomic E-state index is 0.0118. The van der Waals surface area contributed by atoms with Crippen molar-refractivity contribution >= 4 is 27.7 Å². The lowest BCUT2D eigenvalue weighted by Crippen LogP contribution is -2.48. The minimum Gasteiger partial charge on any atom is -0.480 e. The van der Waals surface area contributed by atoms with E-state index in [1.165, 1.54) is 16.4 Å². The molecule has 0 radical (unpaired) electrons. The summed E-state index contributed by atoms with van der Waals surface area (Å²) in [6.07, 6.45) is 4.13. The van der Waals surface area contributed by atoms with Crippen LogP contribution in [-0.2, 0) is 34.2 Å². The lowest BCUT2D eigenvalue weighted by molar-refractivity contribution is -0.138. The van der Waals surface area contributed by atoms with E-state index in [9.17, 15) is 23.1 Å². The Morgan fingerprint density at radius 1 is 1.18 bits per heavy atom. The van der Waals surface area contributed by atoms with Gasteiger partial charge in [0.15, 0.2) is 5.69 Å². The molecule has 202 valence electrons. The molecule has 2 aromatic heterocycles. The average Bonchev–Trinajstić information content (AvgIpc) is 3.33. The number of nitrogens with zero attached hydrogens (tertiary/aromatic N) is 4. The number of hydrogen-bond donors (Lipinski definition) is 4. The van der Waals surface area contributed by atoms with E-state index in [0.29, 0.717) is 24.1 Å². The van der Waals surface area contributed by atoms with Gasteiger partial charge >= 0.3 is 5.97 Å². The number of aromatic nitrogens is 4. The van der Waals surface area contributed by atoms with Crippen LogP contribution in [0.3, 0.4) is 0 Å². The standard InChI is InChI=1S/C25H31N7O5S/c1-15-11-16(2)22(17(3)12-15)38(36,37)30-20(25(34)35)13-27-24(33)21-14-32(31-29-21)10-8-19-7-6-18-5-4-9-26-23(18)28-19/h6-7,11-12,14,20,30H,4-5,8-10,13H2,1-3H3,(H,26,28)(H,27,33)(H,34,35)/t20-/m0/s1. The van der Waals surface area contributed by atoms with Crippen molar-refractivity contribution in [3.05, 3.63) is 64.1 Å². The lowest BCUT2D eigenvalue weighted by Gasteiger charge is -2.18. The van der Waals surface area contributed by atoms with Gasteiger partial charge in [0.1, 0.15) is 11.9 Å². The van der Waals surface area contributed by atoms with Gasteiger partial charge in [0, 0.05) is 31.7 Å². The number of carboxylic acid groups (broad SMARTS) is 1. The number of aryl methyl sites for hydroxylation is 6. The maximum Gasteiger partial charge on any atom is 0.323 e. The maximum atomic E-state index is 13.0. The van der Waals surface area contributed by atoms with Crippen LogP contribution < -0.4 is 15.4 Å². The molecular weight excluding hydrogens is 510 g/mol. The second kappa shape index (κ2) is 11.3. The fourth-order valence-electron chi connectivity index (χ4n) is 4.55. The number of carbonyl (C=O) groups is 2. The number of carbonyl (C=O) groups excluding carboxylic acids is 1. The Kier molecular flexibility index (Phi) is 8.07. The van der Waals surface area contributed by atoms with Gasteiger partial charge in [-0.2, -0.15) is 4.72 Å². The first kappa shape index (κ1) is 27.2.